The Labute approximate surface area is 111 Å². The van der Waals surface area contributed by atoms with Gasteiger partial charge in [0.1, 0.15) is 0 Å². The largest absolute Gasteiger partial charge is 0.371 e. The minimum absolute atomic E-state index is 0.239. The molecule has 2 nitrogen and oxygen atoms in total. The first-order chi connectivity index (χ1) is 8.58. The van der Waals surface area contributed by atoms with E-state index in [9.17, 15) is 0 Å². The van der Waals surface area contributed by atoms with Crippen LogP contribution in [0.5, 0.6) is 0 Å². The molecule has 0 bridgehead atoms. The molecular weight excluding hydrogens is 220 g/mol. The number of nitrogens with zero attached hydrogens (tertiary/aromatic N) is 1. The van der Waals surface area contributed by atoms with Gasteiger partial charge in [0, 0.05) is 24.8 Å². The first kappa shape index (κ1) is 13.4. The minimum Gasteiger partial charge on any atom is -0.371 e. The fourth-order valence-electron chi connectivity index (χ4n) is 3.10. The average Bonchev–Trinajstić information content (AvgIpc) is 2.80. The summed E-state index contributed by atoms with van der Waals surface area (Å²) in [7, 11) is 2.24. The van der Waals surface area contributed by atoms with E-state index in [0.717, 1.165) is 12.5 Å². The van der Waals surface area contributed by atoms with Crippen molar-refractivity contribution >= 4 is 5.69 Å². The lowest BCUT2D eigenvalue weighted by Crippen LogP contribution is -2.29. The van der Waals surface area contributed by atoms with Gasteiger partial charge in [-0.25, -0.2) is 0 Å². The summed E-state index contributed by atoms with van der Waals surface area (Å²) in [5.74, 6) is 0. The van der Waals surface area contributed by atoms with Crippen molar-refractivity contribution in [1.82, 2.24) is 0 Å². The molecule has 0 heterocycles. The van der Waals surface area contributed by atoms with Crippen LogP contribution in [0, 0.1) is 6.92 Å². The highest BCUT2D eigenvalue weighted by Gasteiger charge is 2.20. The molecule has 1 aliphatic rings. The molecule has 2 heteroatoms. The van der Waals surface area contributed by atoms with E-state index in [1.54, 1.807) is 0 Å². The molecule has 1 unspecified atom stereocenters. The standard InChI is InChI=1S/C16H26N2/c1-12-10-14(11-13(2)17)8-9-16(12)18(3)15-6-4-5-7-15/h8-10,13,15H,4-7,11,17H2,1-3H3. The van der Waals surface area contributed by atoms with Gasteiger partial charge in [-0.15, -0.1) is 0 Å². The van der Waals surface area contributed by atoms with Gasteiger partial charge in [-0.1, -0.05) is 25.0 Å². The van der Waals surface area contributed by atoms with Gasteiger partial charge in [0.25, 0.3) is 0 Å². The molecule has 100 valence electrons. The van der Waals surface area contributed by atoms with E-state index in [0.29, 0.717) is 0 Å². The van der Waals surface area contributed by atoms with E-state index in [1.165, 1.54) is 42.5 Å². The molecule has 1 saturated carbocycles. The van der Waals surface area contributed by atoms with E-state index >= 15 is 0 Å². The van der Waals surface area contributed by atoms with Gasteiger partial charge in [-0.2, -0.15) is 0 Å². The Hall–Kier alpha value is -1.02. The van der Waals surface area contributed by atoms with Gasteiger partial charge in [-0.3, -0.25) is 0 Å². The van der Waals surface area contributed by atoms with Gasteiger partial charge >= 0.3 is 0 Å². The second kappa shape index (κ2) is 5.75. The summed E-state index contributed by atoms with van der Waals surface area (Å²) in [6, 6.07) is 7.78. The van der Waals surface area contributed by atoms with Crippen molar-refractivity contribution in [3.05, 3.63) is 29.3 Å². The molecule has 0 radical (unpaired) electrons. The lowest BCUT2D eigenvalue weighted by molar-refractivity contribution is 0.651. The van der Waals surface area contributed by atoms with Gasteiger partial charge in [0.15, 0.2) is 0 Å². The van der Waals surface area contributed by atoms with Crippen LogP contribution in [-0.2, 0) is 6.42 Å². The van der Waals surface area contributed by atoms with Crippen molar-refractivity contribution < 1.29 is 0 Å². The average molecular weight is 246 g/mol. The molecule has 0 amide bonds. The van der Waals surface area contributed by atoms with Crippen molar-refractivity contribution in [2.45, 2.75) is 58.0 Å². The third-order valence-electron chi connectivity index (χ3n) is 4.07. The van der Waals surface area contributed by atoms with E-state index < -0.39 is 0 Å². The van der Waals surface area contributed by atoms with Crippen LogP contribution in [0.1, 0.15) is 43.7 Å². The number of hydrogen-bond donors (Lipinski definition) is 1. The second-order valence-corrected chi connectivity index (χ2v) is 5.85. The molecule has 0 saturated heterocycles. The Morgan fingerprint density at radius 2 is 2.00 bits per heavy atom. The van der Waals surface area contributed by atoms with Crippen LogP contribution >= 0.6 is 0 Å². The molecule has 1 fully saturated rings. The van der Waals surface area contributed by atoms with Crippen LogP contribution < -0.4 is 10.6 Å². The SMILES string of the molecule is Cc1cc(CC(C)N)ccc1N(C)C1CCCC1. The molecule has 1 atom stereocenters. The fourth-order valence-corrected chi connectivity index (χ4v) is 3.10. The zero-order valence-electron chi connectivity index (χ0n) is 11.9. The molecule has 1 aliphatic carbocycles. The Bertz CT molecular complexity index is 392. The zero-order chi connectivity index (χ0) is 13.1. The number of rotatable bonds is 4. The molecule has 2 rings (SSSR count). The van der Waals surface area contributed by atoms with Crippen LogP contribution in [0.3, 0.4) is 0 Å². The molecule has 2 N–H and O–H groups in total. The number of benzene rings is 1. The Balaban J connectivity index is 2.13. The first-order valence-corrected chi connectivity index (χ1v) is 7.16. The summed E-state index contributed by atoms with van der Waals surface area (Å²) in [4.78, 5) is 2.47. The van der Waals surface area contributed by atoms with Crippen LogP contribution in [0.15, 0.2) is 18.2 Å². The Morgan fingerprint density at radius 1 is 1.33 bits per heavy atom. The highest BCUT2D eigenvalue weighted by atomic mass is 15.1. The predicted molar refractivity (Wildman–Crippen MR) is 79.2 cm³/mol. The third-order valence-corrected chi connectivity index (χ3v) is 4.07. The van der Waals surface area contributed by atoms with Crippen molar-refractivity contribution in [2.75, 3.05) is 11.9 Å². The number of nitrogens with two attached hydrogens (primary N) is 1. The van der Waals surface area contributed by atoms with Gasteiger partial charge < -0.3 is 10.6 Å². The van der Waals surface area contributed by atoms with Crippen LogP contribution in [0.4, 0.5) is 5.69 Å². The Kier molecular flexibility index (Phi) is 4.28. The van der Waals surface area contributed by atoms with Gasteiger partial charge in [0.2, 0.25) is 0 Å². The lowest BCUT2D eigenvalue weighted by Gasteiger charge is -2.28. The topological polar surface area (TPSA) is 29.3 Å². The summed E-state index contributed by atoms with van der Waals surface area (Å²) < 4.78 is 0. The first-order valence-electron chi connectivity index (χ1n) is 7.16. The van der Waals surface area contributed by atoms with Crippen LogP contribution in [0.25, 0.3) is 0 Å². The maximum Gasteiger partial charge on any atom is 0.0396 e. The summed E-state index contributed by atoms with van der Waals surface area (Å²) in [5.41, 5.74) is 9.98. The number of aryl methyl sites for hydroxylation is 1. The van der Waals surface area contributed by atoms with Gasteiger partial charge in [-0.05, 0) is 50.3 Å². The zero-order valence-corrected chi connectivity index (χ0v) is 11.9. The van der Waals surface area contributed by atoms with E-state index in [1.807, 2.05) is 0 Å². The summed E-state index contributed by atoms with van der Waals surface area (Å²) >= 11 is 0. The fraction of sp³-hybridized carbons (Fsp3) is 0.625. The van der Waals surface area contributed by atoms with Crippen LogP contribution in [-0.4, -0.2) is 19.1 Å². The number of anilines is 1. The lowest BCUT2D eigenvalue weighted by atomic mass is 10.0. The molecule has 0 aromatic heterocycles. The molecule has 1 aromatic carbocycles. The summed E-state index contributed by atoms with van der Waals surface area (Å²) in [6.07, 6.45) is 6.43. The molecule has 1 aromatic rings. The maximum absolute atomic E-state index is 5.86. The molecule has 18 heavy (non-hydrogen) atoms. The van der Waals surface area contributed by atoms with Crippen molar-refractivity contribution in [1.29, 1.82) is 0 Å². The summed E-state index contributed by atoms with van der Waals surface area (Å²) in [6.45, 7) is 4.28. The van der Waals surface area contributed by atoms with Crippen molar-refractivity contribution in [2.24, 2.45) is 5.73 Å². The highest BCUT2D eigenvalue weighted by molar-refractivity contribution is 5.54. The predicted octanol–water partition coefficient (Wildman–Crippen LogP) is 3.26. The Morgan fingerprint density at radius 3 is 2.56 bits per heavy atom. The molecule has 0 spiro atoms. The highest BCUT2D eigenvalue weighted by Crippen LogP contribution is 2.29. The van der Waals surface area contributed by atoms with Gasteiger partial charge in [0.05, 0.1) is 0 Å². The van der Waals surface area contributed by atoms with E-state index in [2.05, 4.69) is 44.0 Å². The minimum atomic E-state index is 0.239. The van der Waals surface area contributed by atoms with E-state index in [4.69, 9.17) is 5.73 Å². The van der Waals surface area contributed by atoms with E-state index in [-0.39, 0.29) is 6.04 Å². The number of hydrogen-bond acceptors (Lipinski definition) is 2. The third kappa shape index (κ3) is 3.05. The normalized spacial score (nSPS) is 18.0. The molecular formula is C16H26N2. The van der Waals surface area contributed by atoms with Crippen LogP contribution in [0.2, 0.25) is 0 Å². The van der Waals surface area contributed by atoms with Crippen molar-refractivity contribution in [3.63, 3.8) is 0 Å². The quantitative estimate of drug-likeness (QED) is 0.883. The second-order valence-electron chi connectivity index (χ2n) is 5.85. The monoisotopic (exact) mass is 246 g/mol. The smallest absolute Gasteiger partial charge is 0.0396 e. The van der Waals surface area contributed by atoms with Crippen molar-refractivity contribution in [3.8, 4) is 0 Å². The maximum atomic E-state index is 5.86. The summed E-state index contributed by atoms with van der Waals surface area (Å²) in [5, 5.41) is 0. The molecule has 0 aliphatic heterocycles.